The topological polar surface area (TPSA) is 57.4 Å². The SMILES string of the molecule is Nc1cnc(Oc2ccc(OC(F)(F)F)cc2)c(Br)c1. The van der Waals surface area contributed by atoms with Crippen molar-refractivity contribution >= 4 is 21.6 Å². The molecule has 0 aliphatic rings. The second kappa shape index (κ2) is 5.58. The van der Waals surface area contributed by atoms with E-state index in [1.54, 1.807) is 6.07 Å². The lowest BCUT2D eigenvalue weighted by molar-refractivity contribution is -0.274. The van der Waals surface area contributed by atoms with Gasteiger partial charge in [-0.1, -0.05) is 0 Å². The normalized spacial score (nSPS) is 11.2. The predicted molar refractivity (Wildman–Crippen MR) is 69.5 cm³/mol. The van der Waals surface area contributed by atoms with E-state index in [2.05, 4.69) is 25.7 Å². The van der Waals surface area contributed by atoms with Gasteiger partial charge in [-0.2, -0.15) is 0 Å². The summed E-state index contributed by atoms with van der Waals surface area (Å²) >= 11 is 3.22. The largest absolute Gasteiger partial charge is 0.573 e. The number of pyridine rings is 1. The summed E-state index contributed by atoms with van der Waals surface area (Å²) in [6, 6.07) is 6.57. The van der Waals surface area contributed by atoms with E-state index in [1.165, 1.54) is 18.3 Å². The molecule has 1 heterocycles. The number of nitrogens with two attached hydrogens (primary N) is 1. The van der Waals surface area contributed by atoms with Crippen molar-refractivity contribution in [2.75, 3.05) is 5.73 Å². The summed E-state index contributed by atoms with van der Waals surface area (Å²) in [7, 11) is 0. The first-order valence-electron chi connectivity index (χ1n) is 5.28. The molecule has 20 heavy (non-hydrogen) atoms. The third-order valence-electron chi connectivity index (χ3n) is 2.10. The maximum Gasteiger partial charge on any atom is 0.573 e. The molecule has 2 rings (SSSR count). The summed E-state index contributed by atoms with van der Waals surface area (Å²) < 4.78 is 45.7. The Labute approximate surface area is 120 Å². The van der Waals surface area contributed by atoms with Crippen molar-refractivity contribution < 1.29 is 22.6 Å². The van der Waals surface area contributed by atoms with Crippen molar-refractivity contribution in [3.63, 3.8) is 0 Å². The Morgan fingerprint density at radius 3 is 2.25 bits per heavy atom. The fourth-order valence-electron chi connectivity index (χ4n) is 1.34. The Kier molecular flexibility index (Phi) is 4.03. The van der Waals surface area contributed by atoms with Gasteiger partial charge in [0, 0.05) is 0 Å². The fourth-order valence-corrected chi connectivity index (χ4v) is 1.78. The van der Waals surface area contributed by atoms with Gasteiger partial charge in [-0.15, -0.1) is 13.2 Å². The van der Waals surface area contributed by atoms with Crippen molar-refractivity contribution in [3.05, 3.63) is 41.0 Å². The molecule has 0 atom stereocenters. The van der Waals surface area contributed by atoms with Gasteiger partial charge < -0.3 is 15.2 Å². The minimum Gasteiger partial charge on any atom is -0.438 e. The average Bonchev–Trinajstić information content (AvgIpc) is 2.33. The number of nitrogens with zero attached hydrogens (tertiary/aromatic N) is 1. The molecule has 0 aliphatic heterocycles. The zero-order valence-electron chi connectivity index (χ0n) is 9.82. The molecule has 8 heteroatoms. The number of aromatic nitrogens is 1. The summed E-state index contributed by atoms with van der Waals surface area (Å²) in [6.45, 7) is 0. The minimum atomic E-state index is -4.72. The van der Waals surface area contributed by atoms with Crippen molar-refractivity contribution in [3.8, 4) is 17.4 Å². The third-order valence-corrected chi connectivity index (χ3v) is 2.67. The fraction of sp³-hybridized carbons (Fsp3) is 0.0833. The standard InChI is InChI=1S/C12H8BrF3N2O2/c13-10-5-7(17)6-18-11(10)19-8-1-3-9(4-2-8)20-12(14,15)16/h1-6H,17H2. The monoisotopic (exact) mass is 348 g/mol. The van der Waals surface area contributed by atoms with Crippen LogP contribution in [0.4, 0.5) is 18.9 Å². The highest BCUT2D eigenvalue weighted by Crippen LogP contribution is 2.30. The number of anilines is 1. The number of halogens is 4. The Balaban J connectivity index is 2.11. The van der Waals surface area contributed by atoms with E-state index >= 15 is 0 Å². The van der Waals surface area contributed by atoms with Crippen LogP contribution in [0.3, 0.4) is 0 Å². The molecule has 0 saturated carbocycles. The van der Waals surface area contributed by atoms with Gasteiger partial charge in [0.2, 0.25) is 5.88 Å². The molecule has 106 valence electrons. The lowest BCUT2D eigenvalue weighted by atomic mass is 10.3. The second-order valence-electron chi connectivity index (χ2n) is 3.68. The number of nitrogen functional groups attached to an aromatic ring is 1. The van der Waals surface area contributed by atoms with Crippen LogP contribution in [0.25, 0.3) is 0 Å². The van der Waals surface area contributed by atoms with Crippen LogP contribution in [-0.4, -0.2) is 11.3 Å². The molecule has 2 aromatic rings. The van der Waals surface area contributed by atoms with Crippen molar-refractivity contribution in [2.45, 2.75) is 6.36 Å². The number of rotatable bonds is 3. The summed E-state index contributed by atoms with van der Waals surface area (Å²) in [4.78, 5) is 3.95. The number of hydrogen-bond acceptors (Lipinski definition) is 4. The summed E-state index contributed by atoms with van der Waals surface area (Å²) in [5.74, 6) is 0.246. The van der Waals surface area contributed by atoms with Gasteiger partial charge in [-0.25, -0.2) is 4.98 Å². The van der Waals surface area contributed by atoms with Crippen molar-refractivity contribution in [1.82, 2.24) is 4.98 Å². The van der Waals surface area contributed by atoms with E-state index < -0.39 is 6.36 Å². The number of hydrogen-bond donors (Lipinski definition) is 1. The van der Waals surface area contributed by atoms with E-state index in [1.807, 2.05) is 0 Å². The molecule has 0 aliphatic carbocycles. The summed E-state index contributed by atoms with van der Waals surface area (Å²) in [5.41, 5.74) is 5.99. The lowest BCUT2D eigenvalue weighted by Gasteiger charge is -2.10. The Morgan fingerprint density at radius 1 is 1.10 bits per heavy atom. The summed E-state index contributed by atoms with van der Waals surface area (Å²) in [6.07, 6.45) is -3.31. The molecule has 0 bridgehead atoms. The van der Waals surface area contributed by atoms with E-state index in [9.17, 15) is 13.2 Å². The van der Waals surface area contributed by atoms with E-state index in [0.717, 1.165) is 12.1 Å². The number of benzene rings is 1. The highest BCUT2D eigenvalue weighted by Gasteiger charge is 2.30. The molecule has 0 amide bonds. The molecule has 1 aromatic heterocycles. The summed E-state index contributed by atoms with van der Waals surface area (Å²) in [5, 5.41) is 0. The second-order valence-corrected chi connectivity index (χ2v) is 4.53. The number of alkyl halides is 3. The first-order valence-corrected chi connectivity index (χ1v) is 6.07. The van der Waals surface area contributed by atoms with Crippen LogP contribution >= 0.6 is 15.9 Å². The highest BCUT2D eigenvalue weighted by molar-refractivity contribution is 9.10. The van der Waals surface area contributed by atoms with Crippen LogP contribution in [0, 0.1) is 0 Å². The average molecular weight is 349 g/mol. The predicted octanol–water partition coefficient (Wildman–Crippen LogP) is 4.12. The molecular weight excluding hydrogens is 341 g/mol. The third kappa shape index (κ3) is 4.02. The van der Waals surface area contributed by atoms with Crippen LogP contribution in [0.15, 0.2) is 41.0 Å². The molecule has 0 saturated heterocycles. The van der Waals surface area contributed by atoms with Gasteiger partial charge >= 0.3 is 6.36 Å². The zero-order chi connectivity index (χ0) is 14.8. The van der Waals surface area contributed by atoms with E-state index in [-0.39, 0.29) is 11.6 Å². The molecule has 2 N–H and O–H groups in total. The van der Waals surface area contributed by atoms with Crippen LogP contribution < -0.4 is 15.2 Å². The highest BCUT2D eigenvalue weighted by atomic mass is 79.9. The van der Waals surface area contributed by atoms with Crippen LogP contribution in [-0.2, 0) is 0 Å². The minimum absolute atomic E-state index is 0.253. The van der Waals surface area contributed by atoms with Gasteiger partial charge in [0.15, 0.2) is 0 Å². The molecular formula is C12H8BrF3N2O2. The van der Waals surface area contributed by atoms with Gasteiger partial charge in [-0.05, 0) is 46.3 Å². The zero-order valence-corrected chi connectivity index (χ0v) is 11.4. The molecule has 0 unspecified atom stereocenters. The van der Waals surface area contributed by atoms with E-state index in [4.69, 9.17) is 10.5 Å². The first-order chi connectivity index (χ1) is 9.33. The smallest absolute Gasteiger partial charge is 0.438 e. The molecule has 0 spiro atoms. The van der Waals surface area contributed by atoms with Gasteiger partial charge in [0.05, 0.1) is 16.4 Å². The maximum atomic E-state index is 12.0. The quantitative estimate of drug-likeness (QED) is 0.906. The Hall–Kier alpha value is -1.96. The van der Waals surface area contributed by atoms with Crippen LogP contribution in [0.2, 0.25) is 0 Å². The van der Waals surface area contributed by atoms with Crippen molar-refractivity contribution in [2.24, 2.45) is 0 Å². The van der Waals surface area contributed by atoms with E-state index in [0.29, 0.717) is 15.9 Å². The maximum absolute atomic E-state index is 12.0. The van der Waals surface area contributed by atoms with Gasteiger partial charge in [0.25, 0.3) is 0 Å². The molecule has 0 fully saturated rings. The Morgan fingerprint density at radius 2 is 1.70 bits per heavy atom. The molecule has 0 radical (unpaired) electrons. The van der Waals surface area contributed by atoms with Crippen LogP contribution in [0.5, 0.6) is 17.4 Å². The first kappa shape index (κ1) is 14.4. The lowest BCUT2D eigenvalue weighted by Crippen LogP contribution is -2.16. The Bertz CT molecular complexity index is 603. The number of ether oxygens (including phenoxy) is 2. The van der Waals surface area contributed by atoms with Crippen molar-refractivity contribution in [1.29, 1.82) is 0 Å². The van der Waals surface area contributed by atoms with Gasteiger partial charge in [0.1, 0.15) is 11.5 Å². The molecule has 1 aromatic carbocycles. The van der Waals surface area contributed by atoms with Crippen LogP contribution in [0.1, 0.15) is 0 Å². The van der Waals surface area contributed by atoms with Gasteiger partial charge in [-0.3, -0.25) is 0 Å². The molecule has 4 nitrogen and oxygen atoms in total.